The SMILES string of the molecule is O=C(/C=C/[n+]1ccc(N2CCCC2)cc1)c1ccccc1. The lowest BCUT2D eigenvalue weighted by Crippen LogP contribution is -2.26. The van der Waals surface area contributed by atoms with E-state index in [2.05, 4.69) is 17.0 Å². The zero-order chi connectivity index (χ0) is 14.5. The minimum atomic E-state index is 0.0201. The number of rotatable bonds is 4. The van der Waals surface area contributed by atoms with Crippen molar-refractivity contribution in [2.24, 2.45) is 0 Å². The Morgan fingerprint density at radius 2 is 1.67 bits per heavy atom. The van der Waals surface area contributed by atoms with E-state index in [4.69, 9.17) is 0 Å². The number of carbonyl (C=O) groups is 1. The molecule has 21 heavy (non-hydrogen) atoms. The largest absolute Gasteiger partial charge is 0.371 e. The van der Waals surface area contributed by atoms with Gasteiger partial charge in [0.25, 0.3) is 0 Å². The van der Waals surface area contributed by atoms with E-state index < -0.39 is 0 Å². The number of anilines is 1. The van der Waals surface area contributed by atoms with Gasteiger partial charge >= 0.3 is 0 Å². The van der Waals surface area contributed by atoms with Crippen molar-refractivity contribution in [3.05, 3.63) is 66.5 Å². The van der Waals surface area contributed by atoms with E-state index in [1.54, 1.807) is 12.3 Å². The van der Waals surface area contributed by atoms with E-state index in [1.807, 2.05) is 47.3 Å². The third-order valence-electron chi connectivity index (χ3n) is 3.76. The van der Waals surface area contributed by atoms with Crippen molar-refractivity contribution in [2.45, 2.75) is 12.8 Å². The summed E-state index contributed by atoms with van der Waals surface area (Å²) < 4.78 is 1.90. The first-order valence-corrected chi connectivity index (χ1v) is 7.36. The van der Waals surface area contributed by atoms with Gasteiger partial charge in [-0.15, -0.1) is 0 Å². The van der Waals surface area contributed by atoms with Crippen LogP contribution in [0.4, 0.5) is 5.69 Å². The average Bonchev–Trinajstić information content (AvgIpc) is 3.08. The Hall–Kier alpha value is -2.42. The molecule has 1 aliphatic rings. The molecule has 106 valence electrons. The molecule has 3 rings (SSSR count). The second-order valence-electron chi connectivity index (χ2n) is 5.24. The van der Waals surface area contributed by atoms with Crippen molar-refractivity contribution in [1.29, 1.82) is 0 Å². The second-order valence-corrected chi connectivity index (χ2v) is 5.24. The summed E-state index contributed by atoms with van der Waals surface area (Å²) in [5.74, 6) is 0.0201. The Morgan fingerprint density at radius 3 is 2.33 bits per heavy atom. The summed E-state index contributed by atoms with van der Waals surface area (Å²) in [6.45, 7) is 2.29. The molecule has 0 unspecified atom stereocenters. The highest BCUT2D eigenvalue weighted by molar-refractivity contribution is 6.05. The number of allylic oxidation sites excluding steroid dienone is 1. The summed E-state index contributed by atoms with van der Waals surface area (Å²) in [6.07, 6.45) is 9.93. The van der Waals surface area contributed by atoms with Gasteiger partial charge in [-0.3, -0.25) is 4.79 Å². The fourth-order valence-electron chi connectivity index (χ4n) is 2.57. The van der Waals surface area contributed by atoms with Crippen LogP contribution < -0.4 is 9.47 Å². The quantitative estimate of drug-likeness (QED) is 0.488. The van der Waals surface area contributed by atoms with Crippen LogP contribution in [-0.2, 0) is 0 Å². The number of nitrogens with zero attached hydrogens (tertiary/aromatic N) is 2. The third-order valence-corrected chi connectivity index (χ3v) is 3.76. The highest BCUT2D eigenvalue weighted by atomic mass is 16.1. The van der Waals surface area contributed by atoms with Crippen LogP contribution >= 0.6 is 0 Å². The lowest BCUT2D eigenvalue weighted by Gasteiger charge is -2.15. The number of aromatic nitrogens is 1. The minimum Gasteiger partial charge on any atom is -0.371 e. The lowest BCUT2D eigenvalue weighted by atomic mass is 10.1. The van der Waals surface area contributed by atoms with Gasteiger partial charge in [0.15, 0.2) is 24.4 Å². The first-order valence-electron chi connectivity index (χ1n) is 7.36. The van der Waals surface area contributed by atoms with E-state index in [0.717, 1.165) is 13.1 Å². The zero-order valence-electron chi connectivity index (χ0n) is 12.0. The first-order chi connectivity index (χ1) is 10.3. The van der Waals surface area contributed by atoms with Gasteiger partial charge in [0.1, 0.15) is 0 Å². The topological polar surface area (TPSA) is 24.2 Å². The van der Waals surface area contributed by atoms with Gasteiger partial charge in [-0.1, -0.05) is 30.3 Å². The fourth-order valence-corrected chi connectivity index (χ4v) is 2.57. The van der Waals surface area contributed by atoms with Gasteiger partial charge < -0.3 is 4.90 Å². The molecule has 3 nitrogen and oxygen atoms in total. The first kappa shape index (κ1) is 13.6. The van der Waals surface area contributed by atoms with Gasteiger partial charge in [-0.2, -0.15) is 4.57 Å². The maximum absolute atomic E-state index is 12.0. The molecule has 0 amide bonds. The molecule has 0 saturated carbocycles. The molecule has 1 aromatic carbocycles. The molecule has 2 aromatic rings. The molecular weight excluding hydrogens is 260 g/mol. The van der Waals surface area contributed by atoms with Gasteiger partial charge in [0, 0.05) is 36.5 Å². The van der Waals surface area contributed by atoms with Crippen LogP contribution in [0, 0.1) is 0 Å². The zero-order valence-corrected chi connectivity index (χ0v) is 12.0. The van der Waals surface area contributed by atoms with Crippen molar-refractivity contribution in [3.63, 3.8) is 0 Å². The van der Waals surface area contributed by atoms with Gasteiger partial charge in [0.2, 0.25) is 0 Å². The molecule has 0 spiro atoms. The predicted octanol–water partition coefficient (Wildman–Crippen LogP) is 2.93. The number of pyridine rings is 1. The van der Waals surface area contributed by atoms with Gasteiger partial charge in [0.05, 0.1) is 6.08 Å². The maximum atomic E-state index is 12.0. The molecule has 3 heteroatoms. The number of benzene rings is 1. The summed E-state index contributed by atoms with van der Waals surface area (Å²) in [5, 5.41) is 0. The number of hydrogen-bond donors (Lipinski definition) is 0. The van der Waals surface area contributed by atoms with E-state index in [1.165, 1.54) is 18.5 Å². The van der Waals surface area contributed by atoms with Gasteiger partial charge in [-0.05, 0) is 12.8 Å². The fraction of sp³-hybridized carbons (Fsp3) is 0.222. The van der Waals surface area contributed by atoms with E-state index in [-0.39, 0.29) is 5.78 Å². The van der Waals surface area contributed by atoms with Crippen molar-refractivity contribution in [3.8, 4) is 0 Å². The molecule has 1 fully saturated rings. The van der Waals surface area contributed by atoms with Crippen LogP contribution in [0.5, 0.6) is 0 Å². The van der Waals surface area contributed by atoms with Crippen molar-refractivity contribution in [1.82, 2.24) is 0 Å². The Morgan fingerprint density at radius 1 is 1.00 bits per heavy atom. The molecule has 2 heterocycles. The summed E-state index contributed by atoms with van der Waals surface area (Å²) >= 11 is 0. The predicted molar refractivity (Wildman–Crippen MR) is 84.2 cm³/mol. The monoisotopic (exact) mass is 279 g/mol. The second kappa shape index (κ2) is 6.35. The summed E-state index contributed by atoms with van der Waals surface area (Å²) in [5.41, 5.74) is 1.97. The Balaban J connectivity index is 1.67. The Bertz CT molecular complexity index is 626. The van der Waals surface area contributed by atoms with E-state index in [0.29, 0.717) is 5.56 Å². The maximum Gasteiger partial charge on any atom is 0.191 e. The highest BCUT2D eigenvalue weighted by Gasteiger charge is 2.12. The number of hydrogen-bond acceptors (Lipinski definition) is 2. The lowest BCUT2D eigenvalue weighted by molar-refractivity contribution is -0.568. The van der Waals surface area contributed by atoms with Crippen molar-refractivity contribution >= 4 is 17.7 Å². The number of ketones is 1. The van der Waals surface area contributed by atoms with Crippen LogP contribution in [0.3, 0.4) is 0 Å². The minimum absolute atomic E-state index is 0.0201. The van der Waals surface area contributed by atoms with Crippen LogP contribution in [0.15, 0.2) is 60.9 Å². The third kappa shape index (κ3) is 3.37. The smallest absolute Gasteiger partial charge is 0.191 e. The molecule has 0 radical (unpaired) electrons. The molecule has 1 aromatic heterocycles. The molecular formula is C18H19N2O+. The Labute approximate surface area is 125 Å². The van der Waals surface area contributed by atoms with E-state index in [9.17, 15) is 4.79 Å². The summed E-state index contributed by atoms with van der Waals surface area (Å²) in [4.78, 5) is 14.4. The Kier molecular flexibility index (Phi) is 4.10. The summed E-state index contributed by atoms with van der Waals surface area (Å²) in [7, 11) is 0. The van der Waals surface area contributed by atoms with Crippen LogP contribution in [-0.4, -0.2) is 18.9 Å². The van der Waals surface area contributed by atoms with Gasteiger partial charge in [-0.25, -0.2) is 0 Å². The highest BCUT2D eigenvalue weighted by Crippen LogP contribution is 2.17. The standard InChI is InChI=1S/C18H19N2O/c21-18(16-6-2-1-3-7-16)10-15-19-13-8-17(9-14-19)20-11-4-5-12-20/h1-3,6-10,13-15H,4-5,11-12H2/q+1/b15-10+. The number of carbonyl (C=O) groups excluding carboxylic acids is 1. The van der Waals surface area contributed by atoms with Crippen LogP contribution in [0.2, 0.25) is 0 Å². The molecule has 0 atom stereocenters. The molecule has 1 aliphatic heterocycles. The van der Waals surface area contributed by atoms with Crippen LogP contribution in [0.25, 0.3) is 6.20 Å². The summed E-state index contributed by atoms with van der Waals surface area (Å²) in [6, 6.07) is 13.5. The van der Waals surface area contributed by atoms with E-state index >= 15 is 0 Å². The van der Waals surface area contributed by atoms with Crippen LogP contribution in [0.1, 0.15) is 23.2 Å². The van der Waals surface area contributed by atoms with Crippen molar-refractivity contribution < 1.29 is 9.36 Å². The molecule has 0 N–H and O–H groups in total. The molecule has 1 saturated heterocycles. The average molecular weight is 279 g/mol. The molecule has 0 bridgehead atoms. The normalized spacial score (nSPS) is 14.8. The van der Waals surface area contributed by atoms with Crippen molar-refractivity contribution in [2.75, 3.05) is 18.0 Å². The molecule has 0 aliphatic carbocycles.